The molecule has 1 aromatic rings. The van der Waals surface area contributed by atoms with E-state index in [2.05, 4.69) is 10.6 Å². The first-order valence-electron chi connectivity index (χ1n) is 5.97. The van der Waals surface area contributed by atoms with Crippen LogP contribution in [-0.4, -0.2) is 36.3 Å². The number of carbonyl (C=O) groups is 2. The highest BCUT2D eigenvalue weighted by molar-refractivity contribution is 5.82. The van der Waals surface area contributed by atoms with Crippen molar-refractivity contribution in [1.82, 2.24) is 10.6 Å². The molecule has 0 radical (unpaired) electrons. The number of carbonyl (C=O) groups excluding carboxylic acids is 2. The average Bonchev–Trinajstić information content (AvgIpc) is 2.41. The second-order valence-corrected chi connectivity index (χ2v) is 4.07. The van der Waals surface area contributed by atoms with Gasteiger partial charge in [0.05, 0.1) is 12.6 Å². The van der Waals surface area contributed by atoms with Crippen molar-refractivity contribution in [3.63, 3.8) is 0 Å². The molecule has 0 bridgehead atoms. The number of alkyl carbamates (subject to hydrolysis) is 1. The van der Waals surface area contributed by atoms with Crippen molar-refractivity contribution in [3.8, 4) is 0 Å². The third-order valence-electron chi connectivity index (χ3n) is 2.20. The molecule has 104 valence electrons. The maximum absolute atomic E-state index is 11.3. The number of aliphatic hydroxyl groups is 1. The minimum atomic E-state index is -0.656. The molecule has 1 atom stereocenters. The smallest absolute Gasteiger partial charge is 0.407 e. The molecule has 0 saturated heterocycles. The second-order valence-electron chi connectivity index (χ2n) is 4.07. The van der Waals surface area contributed by atoms with Crippen LogP contribution in [0.2, 0.25) is 0 Å². The molecule has 0 aromatic heterocycles. The van der Waals surface area contributed by atoms with Crippen molar-refractivity contribution in [2.24, 2.45) is 0 Å². The van der Waals surface area contributed by atoms with Crippen LogP contribution in [0, 0.1) is 0 Å². The van der Waals surface area contributed by atoms with Crippen molar-refractivity contribution >= 4 is 12.0 Å². The quantitative estimate of drug-likeness (QED) is 0.696. The number of amides is 2. The van der Waals surface area contributed by atoms with Crippen LogP contribution in [0.5, 0.6) is 0 Å². The molecule has 0 aliphatic heterocycles. The van der Waals surface area contributed by atoms with E-state index >= 15 is 0 Å². The third-order valence-corrected chi connectivity index (χ3v) is 2.20. The Kier molecular flexibility index (Phi) is 6.38. The van der Waals surface area contributed by atoms with Crippen LogP contribution in [-0.2, 0) is 16.1 Å². The van der Waals surface area contributed by atoms with Gasteiger partial charge in [-0.15, -0.1) is 0 Å². The lowest BCUT2D eigenvalue weighted by Crippen LogP contribution is -2.39. The molecule has 0 saturated carbocycles. The van der Waals surface area contributed by atoms with Gasteiger partial charge < -0.3 is 20.5 Å². The van der Waals surface area contributed by atoms with Gasteiger partial charge in [-0.1, -0.05) is 30.3 Å². The SMILES string of the molecule is C[C@@H](O)CNC(=O)CNC(=O)OCc1ccccc1. The number of ether oxygens (including phenoxy) is 1. The molecule has 0 fully saturated rings. The molecule has 6 heteroatoms. The molecule has 0 aliphatic rings. The number of nitrogens with one attached hydrogen (secondary N) is 2. The molecule has 6 nitrogen and oxygen atoms in total. The van der Waals surface area contributed by atoms with Gasteiger partial charge in [0.1, 0.15) is 6.61 Å². The first-order chi connectivity index (χ1) is 9.08. The van der Waals surface area contributed by atoms with Gasteiger partial charge in [-0.2, -0.15) is 0 Å². The minimum absolute atomic E-state index is 0.152. The standard InChI is InChI=1S/C13H18N2O4/c1-10(16)7-14-12(17)8-15-13(18)19-9-11-5-3-2-4-6-11/h2-6,10,16H,7-9H2,1H3,(H,14,17)(H,15,18)/t10-/m1/s1. The van der Waals surface area contributed by atoms with E-state index in [1.165, 1.54) is 0 Å². The zero-order valence-corrected chi connectivity index (χ0v) is 10.8. The summed E-state index contributed by atoms with van der Waals surface area (Å²) in [6.45, 7) is 1.68. The summed E-state index contributed by atoms with van der Waals surface area (Å²) in [6, 6.07) is 9.24. The predicted molar refractivity (Wildman–Crippen MR) is 69.3 cm³/mol. The molecule has 1 aromatic carbocycles. The highest BCUT2D eigenvalue weighted by atomic mass is 16.5. The Balaban J connectivity index is 2.16. The molecule has 1 rings (SSSR count). The van der Waals surface area contributed by atoms with E-state index < -0.39 is 12.2 Å². The topological polar surface area (TPSA) is 87.7 Å². The number of benzene rings is 1. The van der Waals surface area contributed by atoms with E-state index in [0.29, 0.717) is 0 Å². The fourth-order valence-corrected chi connectivity index (χ4v) is 1.25. The monoisotopic (exact) mass is 266 g/mol. The Morgan fingerprint density at radius 1 is 1.26 bits per heavy atom. The van der Waals surface area contributed by atoms with Gasteiger partial charge in [0.15, 0.2) is 0 Å². The van der Waals surface area contributed by atoms with Crippen LogP contribution >= 0.6 is 0 Å². The third kappa shape index (κ3) is 7.05. The predicted octanol–water partition coefficient (Wildman–Crippen LogP) is 0.410. The van der Waals surface area contributed by atoms with E-state index in [9.17, 15) is 9.59 Å². The Morgan fingerprint density at radius 3 is 2.58 bits per heavy atom. The van der Waals surface area contributed by atoms with E-state index in [1.54, 1.807) is 6.92 Å². The molecule has 3 N–H and O–H groups in total. The zero-order valence-electron chi connectivity index (χ0n) is 10.8. The molecular weight excluding hydrogens is 248 g/mol. The van der Waals surface area contributed by atoms with Crippen LogP contribution in [0.25, 0.3) is 0 Å². The molecule has 2 amide bonds. The van der Waals surface area contributed by atoms with E-state index in [1.807, 2.05) is 30.3 Å². The Morgan fingerprint density at radius 2 is 1.95 bits per heavy atom. The number of aliphatic hydroxyl groups excluding tert-OH is 1. The summed E-state index contributed by atoms with van der Waals surface area (Å²) in [5.41, 5.74) is 0.871. The summed E-state index contributed by atoms with van der Waals surface area (Å²) in [7, 11) is 0. The maximum Gasteiger partial charge on any atom is 0.407 e. The van der Waals surface area contributed by atoms with Gasteiger partial charge in [-0.3, -0.25) is 4.79 Å². The highest BCUT2D eigenvalue weighted by Crippen LogP contribution is 2.00. The minimum Gasteiger partial charge on any atom is -0.445 e. The number of hydrogen-bond acceptors (Lipinski definition) is 4. The van der Waals surface area contributed by atoms with Crippen molar-refractivity contribution in [3.05, 3.63) is 35.9 Å². The molecule has 0 heterocycles. The lowest BCUT2D eigenvalue weighted by atomic mass is 10.2. The summed E-state index contributed by atoms with van der Waals surface area (Å²) in [4.78, 5) is 22.5. The van der Waals surface area contributed by atoms with Crippen LogP contribution in [0.3, 0.4) is 0 Å². The first kappa shape index (κ1) is 15.0. The summed E-state index contributed by atoms with van der Waals surface area (Å²) in [6.07, 6.45) is -1.27. The first-order valence-corrected chi connectivity index (χ1v) is 5.97. The van der Waals surface area contributed by atoms with Gasteiger partial charge in [0.25, 0.3) is 0 Å². The van der Waals surface area contributed by atoms with E-state index in [-0.39, 0.29) is 25.6 Å². The van der Waals surface area contributed by atoms with Gasteiger partial charge >= 0.3 is 6.09 Å². The molecule has 0 unspecified atom stereocenters. The van der Waals surface area contributed by atoms with Gasteiger partial charge in [-0.25, -0.2) is 4.79 Å². The zero-order chi connectivity index (χ0) is 14.1. The normalized spacial score (nSPS) is 11.5. The van der Waals surface area contributed by atoms with Crippen molar-refractivity contribution in [2.45, 2.75) is 19.6 Å². The van der Waals surface area contributed by atoms with Crippen LogP contribution in [0.1, 0.15) is 12.5 Å². The lowest BCUT2D eigenvalue weighted by Gasteiger charge is -2.09. The Bertz CT molecular complexity index is 406. The molecular formula is C13H18N2O4. The summed E-state index contributed by atoms with van der Waals surface area (Å²) >= 11 is 0. The highest BCUT2D eigenvalue weighted by Gasteiger charge is 2.06. The van der Waals surface area contributed by atoms with Gasteiger partial charge in [-0.05, 0) is 12.5 Å². The summed E-state index contributed by atoms with van der Waals surface area (Å²) < 4.78 is 4.92. The van der Waals surface area contributed by atoms with Gasteiger partial charge in [0, 0.05) is 6.54 Å². The average molecular weight is 266 g/mol. The van der Waals surface area contributed by atoms with Crippen molar-refractivity contribution in [1.29, 1.82) is 0 Å². The van der Waals surface area contributed by atoms with Crippen molar-refractivity contribution < 1.29 is 19.4 Å². The van der Waals surface area contributed by atoms with Crippen LogP contribution in [0.4, 0.5) is 4.79 Å². The number of hydrogen-bond donors (Lipinski definition) is 3. The largest absolute Gasteiger partial charge is 0.445 e. The lowest BCUT2D eigenvalue weighted by molar-refractivity contribution is -0.120. The fourth-order valence-electron chi connectivity index (χ4n) is 1.25. The summed E-state index contributed by atoms with van der Waals surface area (Å²) in [5, 5.41) is 13.7. The fraction of sp³-hybridized carbons (Fsp3) is 0.385. The second kappa shape index (κ2) is 8.10. The number of rotatable bonds is 6. The molecule has 0 aliphatic carbocycles. The Labute approximate surface area is 111 Å². The van der Waals surface area contributed by atoms with Gasteiger partial charge in [0.2, 0.25) is 5.91 Å². The van der Waals surface area contributed by atoms with Crippen LogP contribution < -0.4 is 10.6 Å². The van der Waals surface area contributed by atoms with E-state index in [4.69, 9.17) is 9.84 Å². The molecule has 0 spiro atoms. The molecule has 19 heavy (non-hydrogen) atoms. The Hall–Kier alpha value is -2.08. The summed E-state index contributed by atoms with van der Waals surface area (Å²) in [5.74, 6) is -0.377. The van der Waals surface area contributed by atoms with Crippen molar-refractivity contribution in [2.75, 3.05) is 13.1 Å². The maximum atomic E-state index is 11.3. The van der Waals surface area contributed by atoms with E-state index in [0.717, 1.165) is 5.56 Å². The van der Waals surface area contributed by atoms with Crippen LogP contribution in [0.15, 0.2) is 30.3 Å².